The number of hydrogen-bond acceptors (Lipinski definition) is 6. The largest absolute Gasteiger partial charge is 0.497 e. The molecule has 2 aromatic rings. The number of thiazole rings is 1. The molecule has 1 fully saturated rings. The number of nitrogens with zero attached hydrogens (tertiary/aromatic N) is 1. The summed E-state index contributed by atoms with van der Waals surface area (Å²) < 4.78 is 5.21. The lowest BCUT2D eigenvalue weighted by atomic mass is 10.2. The van der Waals surface area contributed by atoms with Crippen molar-refractivity contribution in [2.75, 3.05) is 25.2 Å². The van der Waals surface area contributed by atoms with Gasteiger partial charge in [-0.15, -0.1) is 23.7 Å². The molecule has 3 rings (SSSR count). The number of methoxy groups -OCH3 is 1. The zero-order chi connectivity index (χ0) is 18.5. The van der Waals surface area contributed by atoms with Crippen molar-refractivity contribution < 1.29 is 9.53 Å². The normalized spacial score (nSPS) is 17.7. The third kappa shape index (κ3) is 5.85. The van der Waals surface area contributed by atoms with Gasteiger partial charge in [0.05, 0.1) is 23.7 Å². The number of carbonyl (C=O) groups excluding carboxylic acids is 1. The van der Waals surface area contributed by atoms with Gasteiger partial charge in [-0.2, -0.15) is 11.8 Å². The predicted molar refractivity (Wildman–Crippen MR) is 116 cm³/mol. The minimum atomic E-state index is -0.0387. The van der Waals surface area contributed by atoms with Crippen molar-refractivity contribution in [2.45, 2.75) is 32.4 Å². The number of ether oxygens (including phenoxy) is 1. The molecule has 1 aliphatic rings. The molecule has 5 nitrogen and oxygen atoms in total. The summed E-state index contributed by atoms with van der Waals surface area (Å²) in [5.41, 5.74) is 2.03. The molecule has 1 saturated heterocycles. The van der Waals surface area contributed by atoms with Crippen molar-refractivity contribution in [3.63, 3.8) is 0 Å². The number of halogens is 1. The number of aryl methyl sites for hydroxylation is 1. The fourth-order valence-corrected chi connectivity index (χ4v) is 5.03. The van der Waals surface area contributed by atoms with Crippen LogP contribution in [0.4, 0.5) is 0 Å². The van der Waals surface area contributed by atoms with E-state index in [1.165, 1.54) is 0 Å². The van der Waals surface area contributed by atoms with Gasteiger partial charge in [0.25, 0.3) is 0 Å². The molecule has 1 aromatic carbocycles. The Bertz CT molecular complexity index is 746. The number of rotatable bonds is 6. The first-order valence-electron chi connectivity index (χ1n) is 8.79. The number of carbonyl (C=O) groups is 1. The second-order valence-corrected chi connectivity index (χ2v) is 8.60. The second-order valence-electron chi connectivity index (χ2n) is 6.42. The molecule has 1 aliphatic heterocycles. The van der Waals surface area contributed by atoms with Gasteiger partial charge in [0.1, 0.15) is 10.8 Å². The molecule has 0 radical (unpaired) electrons. The average Bonchev–Trinajstić information content (AvgIpc) is 3.04. The summed E-state index contributed by atoms with van der Waals surface area (Å²) >= 11 is 3.54. The summed E-state index contributed by atoms with van der Waals surface area (Å²) in [6.07, 6.45) is 0.528. The van der Waals surface area contributed by atoms with Gasteiger partial charge < -0.3 is 15.4 Å². The Labute approximate surface area is 175 Å². The van der Waals surface area contributed by atoms with Crippen LogP contribution in [0.2, 0.25) is 0 Å². The second kappa shape index (κ2) is 10.3. The quantitative estimate of drug-likeness (QED) is 0.733. The Morgan fingerprint density at radius 3 is 2.78 bits per heavy atom. The smallest absolute Gasteiger partial charge is 0.222 e. The Morgan fingerprint density at radius 2 is 2.15 bits per heavy atom. The van der Waals surface area contributed by atoms with E-state index >= 15 is 0 Å². The molecule has 27 heavy (non-hydrogen) atoms. The molecule has 2 unspecified atom stereocenters. The van der Waals surface area contributed by atoms with Crippen LogP contribution in [0.1, 0.15) is 30.0 Å². The summed E-state index contributed by atoms with van der Waals surface area (Å²) in [5, 5.41) is 7.50. The van der Waals surface area contributed by atoms with Crippen molar-refractivity contribution >= 4 is 41.4 Å². The summed E-state index contributed by atoms with van der Waals surface area (Å²) in [6, 6.07) is 8.13. The molecular weight excluding hydrogens is 402 g/mol. The molecule has 2 atom stereocenters. The van der Waals surface area contributed by atoms with E-state index in [1.807, 2.05) is 49.9 Å². The first-order valence-corrected chi connectivity index (χ1v) is 10.8. The lowest BCUT2D eigenvalue weighted by Gasteiger charge is -2.23. The van der Waals surface area contributed by atoms with Crippen LogP contribution in [0.25, 0.3) is 10.6 Å². The van der Waals surface area contributed by atoms with Crippen LogP contribution >= 0.6 is 35.5 Å². The Morgan fingerprint density at radius 1 is 1.41 bits per heavy atom. The van der Waals surface area contributed by atoms with E-state index in [9.17, 15) is 4.79 Å². The van der Waals surface area contributed by atoms with E-state index < -0.39 is 0 Å². The number of nitrogens with one attached hydrogen (secondary N) is 2. The van der Waals surface area contributed by atoms with E-state index in [4.69, 9.17) is 9.72 Å². The molecule has 1 amide bonds. The topological polar surface area (TPSA) is 63.2 Å². The molecule has 0 aliphatic carbocycles. The summed E-state index contributed by atoms with van der Waals surface area (Å²) in [7, 11) is 1.66. The fraction of sp³-hybridized carbons (Fsp3) is 0.474. The maximum Gasteiger partial charge on any atom is 0.222 e. The Hall–Kier alpha value is -1.28. The highest BCUT2D eigenvalue weighted by molar-refractivity contribution is 7.99. The van der Waals surface area contributed by atoms with Gasteiger partial charge >= 0.3 is 0 Å². The molecule has 148 valence electrons. The van der Waals surface area contributed by atoms with Gasteiger partial charge in [-0.3, -0.25) is 4.79 Å². The van der Waals surface area contributed by atoms with E-state index in [-0.39, 0.29) is 30.4 Å². The summed E-state index contributed by atoms with van der Waals surface area (Å²) in [6.45, 7) is 5.01. The average molecular weight is 428 g/mol. The number of amides is 1. The molecule has 1 aromatic heterocycles. The maximum atomic E-state index is 12.4. The highest BCUT2D eigenvalue weighted by Crippen LogP contribution is 2.32. The van der Waals surface area contributed by atoms with Crippen LogP contribution in [0.5, 0.6) is 5.75 Å². The maximum absolute atomic E-state index is 12.4. The lowest BCUT2D eigenvalue weighted by molar-refractivity contribution is -0.122. The molecule has 2 heterocycles. The monoisotopic (exact) mass is 427 g/mol. The lowest BCUT2D eigenvalue weighted by Crippen LogP contribution is -2.41. The van der Waals surface area contributed by atoms with Gasteiger partial charge in [-0.05, 0) is 38.1 Å². The van der Waals surface area contributed by atoms with Crippen LogP contribution in [0.3, 0.4) is 0 Å². The van der Waals surface area contributed by atoms with Gasteiger partial charge in [-0.25, -0.2) is 4.98 Å². The summed E-state index contributed by atoms with van der Waals surface area (Å²) in [4.78, 5) is 18.2. The van der Waals surface area contributed by atoms with Crippen LogP contribution in [0, 0.1) is 6.92 Å². The minimum Gasteiger partial charge on any atom is -0.497 e. The molecule has 2 N–H and O–H groups in total. The van der Waals surface area contributed by atoms with Crippen LogP contribution in [0.15, 0.2) is 24.3 Å². The molecule has 0 saturated carbocycles. The zero-order valence-corrected chi connectivity index (χ0v) is 18.2. The van der Waals surface area contributed by atoms with Gasteiger partial charge in [0.2, 0.25) is 5.91 Å². The SMILES string of the molecule is COc1ccc(-c2nc(C)c(C(C)NC(=O)CC3CSCCN3)s2)cc1.Cl. The van der Waals surface area contributed by atoms with Gasteiger partial charge in [-0.1, -0.05) is 0 Å². The molecule has 8 heteroatoms. The molecule has 0 bridgehead atoms. The predicted octanol–water partition coefficient (Wildman–Crippen LogP) is 3.82. The third-order valence-corrected chi connectivity index (χ3v) is 6.89. The van der Waals surface area contributed by atoms with Crippen molar-refractivity contribution in [3.05, 3.63) is 34.8 Å². The van der Waals surface area contributed by atoms with Crippen LogP contribution < -0.4 is 15.4 Å². The minimum absolute atomic E-state index is 0. The van der Waals surface area contributed by atoms with E-state index in [2.05, 4.69) is 10.6 Å². The van der Waals surface area contributed by atoms with Crippen LogP contribution in [-0.4, -0.2) is 42.1 Å². The first kappa shape index (κ1) is 22.0. The number of benzene rings is 1. The van der Waals surface area contributed by atoms with E-state index in [1.54, 1.807) is 18.4 Å². The molecular formula is C19H26ClN3O2S2. The number of hydrogen-bond donors (Lipinski definition) is 2. The van der Waals surface area contributed by atoms with Crippen molar-refractivity contribution in [3.8, 4) is 16.3 Å². The zero-order valence-electron chi connectivity index (χ0n) is 15.8. The fourth-order valence-electron chi connectivity index (χ4n) is 3.01. The van der Waals surface area contributed by atoms with Crippen molar-refractivity contribution in [1.29, 1.82) is 0 Å². The first-order chi connectivity index (χ1) is 12.6. The third-order valence-electron chi connectivity index (χ3n) is 4.37. The summed E-state index contributed by atoms with van der Waals surface area (Å²) in [5.74, 6) is 3.06. The Balaban J connectivity index is 0.00000261. The molecule has 0 spiro atoms. The highest BCUT2D eigenvalue weighted by atomic mass is 35.5. The highest BCUT2D eigenvalue weighted by Gasteiger charge is 2.20. The van der Waals surface area contributed by atoms with Crippen molar-refractivity contribution in [1.82, 2.24) is 15.6 Å². The van der Waals surface area contributed by atoms with Crippen LogP contribution in [-0.2, 0) is 4.79 Å². The van der Waals surface area contributed by atoms with Gasteiger partial charge in [0, 0.05) is 36.1 Å². The van der Waals surface area contributed by atoms with E-state index in [0.29, 0.717) is 6.42 Å². The number of aromatic nitrogens is 1. The van der Waals surface area contributed by atoms with E-state index in [0.717, 1.165) is 44.9 Å². The van der Waals surface area contributed by atoms with Gasteiger partial charge in [0.15, 0.2) is 0 Å². The Kier molecular flexibility index (Phi) is 8.41. The number of thioether (sulfide) groups is 1. The van der Waals surface area contributed by atoms with Crippen molar-refractivity contribution in [2.24, 2.45) is 0 Å². The standard InChI is InChI=1S/C19H25N3O2S2.ClH/c1-12(21-17(23)10-15-11-25-9-8-20-15)18-13(2)22-19(26-18)14-4-6-16(24-3)7-5-14;/h4-7,12,15,20H,8-11H2,1-3H3,(H,21,23);1H.